The van der Waals surface area contributed by atoms with Gasteiger partial charge in [-0.1, -0.05) is 0 Å². The Morgan fingerprint density at radius 2 is 2.11 bits per heavy atom. The maximum absolute atomic E-state index is 11.0. The zero-order valence-corrected chi connectivity index (χ0v) is 11.3. The summed E-state index contributed by atoms with van der Waals surface area (Å²) < 4.78 is 0. The first-order valence-electron chi connectivity index (χ1n) is 6.42. The van der Waals surface area contributed by atoms with Crippen LogP contribution < -0.4 is 21.5 Å². The number of nitrogens with zero attached hydrogens (tertiary/aromatic N) is 3. The molecular weight excluding hydrogens is 244 g/mol. The molecule has 1 aliphatic rings. The van der Waals surface area contributed by atoms with E-state index in [1.807, 2.05) is 6.92 Å². The Bertz CT molecular complexity index is 456. The third-order valence-corrected chi connectivity index (χ3v) is 3.40. The van der Waals surface area contributed by atoms with E-state index in [-0.39, 0.29) is 11.9 Å². The topological polar surface area (TPSA) is 96.2 Å². The molecule has 0 saturated carbocycles. The molecule has 0 unspecified atom stereocenters. The Morgan fingerprint density at radius 1 is 1.42 bits per heavy atom. The first-order valence-corrected chi connectivity index (χ1v) is 6.42. The van der Waals surface area contributed by atoms with Gasteiger partial charge in [-0.25, -0.2) is 15.8 Å². The van der Waals surface area contributed by atoms with E-state index in [9.17, 15) is 4.79 Å². The number of nitrogen functional groups attached to an aromatic ring is 1. The van der Waals surface area contributed by atoms with Crippen LogP contribution in [-0.2, 0) is 4.79 Å². The van der Waals surface area contributed by atoms with Crippen LogP contribution in [0.4, 0.5) is 11.6 Å². The SMILES string of the molecule is CC(=O)NC1CCN(c2ncnc(NN)c2C)CC1. The third-order valence-electron chi connectivity index (χ3n) is 3.40. The molecule has 1 saturated heterocycles. The van der Waals surface area contributed by atoms with Gasteiger partial charge in [-0.3, -0.25) is 4.79 Å². The van der Waals surface area contributed by atoms with Gasteiger partial charge in [0.25, 0.3) is 0 Å². The van der Waals surface area contributed by atoms with Crippen molar-refractivity contribution in [1.29, 1.82) is 0 Å². The molecule has 0 aromatic carbocycles. The van der Waals surface area contributed by atoms with Crippen LogP contribution in [0.5, 0.6) is 0 Å². The lowest BCUT2D eigenvalue weighted by atomic mass is 10.0. The number of piperidine rings is 1. The minimum atomic E-state index is 0.0336. The lowest BCUT2D eigenvalue weighted by Crippen LogP contribution is -2.44. The Kier molecular flexibility index (Phi) is 4.16. The van der Waals surface area contributed by atoms with Crippen molar-refractivity contribution in [3.8, 4) is 0 Å². The fraction of sp³-hybridized carbons (Fsp3) is 0.583. The number of anilines is 2. The second-order valence-electron chi connectivity index (χ2n) is 4.78. The van der Waals surface area contributed by atoms with Gasteiger partial charge in [0.05, 0.1) is 0 Å². The molecule has 1 aromatic heterocycles. The number of carbonyl (C=O) groups excluding carboxylic acids is 1. The molecule has 7 heteroatoms. The quantitative estimate of drug-likeness (QED) is 0.532. The highest BCUT2D eigenvalue weighted by Gasteiger charge is 2.22. The Morgan fingerprint density at radius 3 is 2.68 bits per heavy atom. The van der Waals surface area contributed by atoms with Crippen molar-refractivity contribution in [2.75, 3.05) is 23.4 Å². The summed E-state index contributed by atoms with van der Waals surface area (Å²) in [5, 5.41) is 2.96. The summed E-state index contributed by atoms with van der Waals surface area (Å²) >= 11 is 0. The summed E-state index contributed by atoms with van der Waals surface area (Å²) in [5.41, 5.74) is 3.52. The lowest BCUT2D eigenvalue weighted by molar-refractivity contribution is -0.119. The Balaban J connectivity index is 2.03. The number of aromatic nitrogens is 2. The van der Waals surface area contributed by atoms with Crippen LogP contribution in [0.1, 0.15) is 25.3 Å². The van der Waals surface area contributed by atoms with Gasteiger partial charge in [-0.05, 0) is 19.8 Å². The highest BCUT2D eigenvalue weighted by Crippen LogP contribution is 2.24. The highest BCUT2D eigenvalue weighted by molar-refractivity contribution is 5.73. The number of amides is 1. The molecule has 0 atom stereocenters. The molecule has 19 heavy (non-hydrogen) atoms. The second kappa shape index (κ2) is 5.83. The fourth-order valence-corrected chi connectivity index (χ4v) is 2.43. The molecule has 0 spiro atoms. The smallest absolute Gasteiger partial charge is 0.217 e. The first kappa shape index (κ1) is 13.5. The van der Waals surface area contributed by atoms with Crippen LogP contribution in [0.2, 0.25) is 0 Å². The maximum atomic E-state index is 11.0. The molecule has 1 aromatic rings. The van der Waals surface area contributed by atoms with Gasteiger partial charge in [0, 0.05) is 31.6 Å². The number of hydrogen-bond donors (Lipinski definition) is 3. The molecule has 4 N–H and O–H groups in total. The monoisotopic (exact) mass is 264 g/mol. The van der Waals surface area contributed by atoms with Crippen molar-refractivity contribution in [2.45, 2.75) is 32.7 Å². The third kappa shape index (κ3) is 3.11. The maximum Gasteiger partial charge on any atom is 0.217 e. The normalized spacial score (nSPS) is 16.3. The van der Waals surface area contributed by atoms with E-state index < -0.39 is 0 Å². The van der Waals surface area contributed by atoms with Crippen LogP contribution in [0.15, 0.2) is 6.33 Å². The summed E-state index contributed by atoms with van der Waals surface area (Å²) in [4.78, 5) is 21.6. The van der Waals surface area contributed by atoms with E-state index in [1.165, 1.54) is 6.33 Å². The number of nitrogens with two attached hydrogens (primary N) is 1. The molecule has 7 nitrogen and oxygen atoms in total. The van der Waals surface area contributed by atoms with E-state index in [2.05, 4.69) is 25.6 Å². The molecule has 2 rings (SSSR count). The molecule has 1 fully saturated rings. The number of nitrogens with one attached hydrogen (secondary N) is 2. The van der Waals surface area contributed by atoms with E-state index >= 15 is 0 Å². The molecule has 104 valence electrons. The zero-order chi connectivity index (χ0) is 13.8. The van der Waals surface area contributed by atoms with Gasteiger partial charge in [-0.2, -0.15) is 0 Å². The predicted octanol–water partition coefficient (Wildman–Crippen LogP) is 0.176. The van der Waals surface area contributed by atoms with Crippen molar-refractivity contribution in [1.82, 2.24) is 15.3 Å². The van der Waals surface area contributed by atoms with E-state index in [0.717, 1.165) is 37.3 Å². The average Bonchev–Trinajstić information content (AvgIpc) is 2.39. The Labute approximate surface area is 112 Å². The van der Waals surface area contributed by atoms with Gasteiger partial charge in [0.2, 0.25) is 5.91 Å². The Hall–Kier alpha value is -1.89. The van der Waals surface area contributed by atoms with Crippen LogP contribution in [0.3, 0.4) is 0 Å². The number of hydrazine groups is 1. The van der Waals surface area contributed by atoms with Crippen molar-refractivity contribution >= 4 is 17.5 Å². The molecular formula is C12H20N6O. The molecule has 2 heterocycles. The molecule has 0 radical (unpaired) electrons. The van der Waals surface area contributed by atoms with Crippen LogP contribution in [0.25, 0.3) is 0 Å². The van der Waals surface area contributed by atoms with E-state index in [4.69, 9.17) is 5.84 Å². The number of hydrogen-bond acceptors (Lipinski definition) is 6. The summed E-state index contributed by atoms with van der Waals surface area (Å²) in [7, 11) is 0. The fourth-order valence-electron chi connectivity index (χ4n) is 2.43. The number of carbonyl (C=O) groups is 1. The van der Waals surface area contributed by atoms with Crippen molar-refractivity contribution in [3.05, 3.63) is 11.9 Å². The largest absolute Gasteiger partial charge is 0.356 e. The van der Waals surface area contributed by atoms with Gasteiger partial charge in [0.15, 0.2) is 0 Å². The van der Waals surface area contributed by atoms with E-state index in [1.54, 1.807) is 6.92 Å². The van der Waals surface area contributed by atoms with Crippen LogP contribution in [0, 0.1) is 6.92 Å². The average molecular weight is 264 g/mol. The minimum Gasteiger partial charge on any atom is -0.356 e. The summed E-state index contributed by atoms with van der Waals surface area (Å²) in [6, 6.07) is 0.267. The minimum absolute atomic E-state index is 0.0336. The van der Waals surface area contributed by atoms with Crippen molar-refractivity contribution in [3.63, 3.8) is 0 Å². The molecule has 0 aliphatic carbocycles. The standard InChI is InChI=1S/C12H20N6O/c1-8-11(17-13)14-7-15-12(8)18-5-3-10(4-6-18)16-9(2)19/h7,10H,3-6,13H2,1-2H3,(H,16,19)(H,14,15,17). The summed E-state index contributed by atoms with van der Waals surface area (Å²) in [6.45, 7) is 5.24. The van der Waals surface area contributed by atoms with E-state index in [0.29, 0.717) is 5.82 Å². The van der Waals surface area contributed by atoms with Gasteiger partial charge in [-0.15, -0.1) is 0 Å². The van der Waals surface area contributed by atoms with Crippen LogP contribution in [-0.4, -0.2) is 35.0 Å². The summed E-state index contributed by atoms with van der Waals surface area (Å²) in [6.07, 6.45) is 3.36. The molecule has 1 amide bonds. The van der Waals surface area contributed by atoms with Gasteiger partial charge < -0.3 is 15.6 Å². The highest BCUT2D eigenvalue weighted by atomic mass is 16.1. The zero-order valence-electron chi connectivity index (χ0n) is 11.3. The van der Waals surface area contributed by atoms with Crippen LogP contribution >= 0.6 is 0 Å². The second-order valence-corrected chi connectivity index (χ2v) is 4.78. The van der Waals surface area contributed by atoms with Gasteiger partial charge in [0.1, 0.15) is 18.0 Å². The first-order chi connectivity index (χ1) is 9.11. The van der Waals surface area contributed by atoms with Crippen molar-refractivity contribution < 1.29 is 4.79 Å². The lowest BCUT2D eigenvalue weighted by Gasteiger charge is -2.33. The molecule has 0 bridgehead atoms. The van der Waals surface area contributed by atoms with Crippen molar-refractivity contribution in [2.24, 2.45) is 5.84 Å². The molecule has 1 aliphatic heterocycles. The summed E-state index contributed by atoms with van der Waals surface area (Å²) in [5.74, 6) is 7.01. The number of rotatable bonds is 3. The van der Waals surface area contributed by atoms with Gasteiger partial charge >= 0.3 is 0 Å². The predicted molar refractivity (Wildman–Crippen MR) is 73.6 cm³/mol.